The first kappa shape index (κ1) is 83.2. The Morgan fingerprint density at radius 2 is 0.345 bits per heavy atom. The zero-order valence-electron chi connectivity index (χ0n) is 16.7. The van der Waals surface area contributed by atoms with Gasteiger partial charge in [-0.25, -0.2) is 0 Å². The quantitative estimate of drug-likeness (QED) is 0.161. The zero-order valence-corrected chi connectivity index (χ0v) is 35.1. The molecule has 0 aliphatic heterocycles. The molecule has 0 aromatic heterocycles. The largest absolute Gasteiger partial charge is 4.00 e. The van der Waals surface area contributed by atoms with Gasteiger partial charge in [0.05, 0.1) is 0 Å². The second-order valence-corrected chi connectivity index (χ2v) is 5.37. The van der Waals surface area contributed by atoms with Crippen LogP contribution in [0.25, 0.3) is 0 Å². The van der Waals surface area contributed by atoms with Gasteiger partial charge in [-0.1, -0.05) is 0 Å². The molecule has 0 N–H and O–H groups in total. The summed E-state index contributed by atoms with van der Waals surface area (Å²) >= 11 is 0. The molecule has 0 aliphatic carbocycles. The maximum atomic E-state index is 8.55. The van der Waals surface area contributed by atoms with E-state index in [0.717, 1.165) is 0 Å². The molecule has 0 spiro atoms. The van der Waals surface area contributed by atoms with Gasteiger partial charge in [0.1, 0.15) is 0 Å². The monoisotopic (exact) mass is 1040 g/mol. The van der Waals surface area contributed by atoms with E-state index >= 15 is 0 Å². The van der Waals surface area contributed by atoms with Crippen LogP contribution in [0.15, 0.2) is 0 Å². The maximum absolute atomic E-state index is 8.55. The SMILES string of the molecule is O=P([O-])([O-])[O-].O=P([O-])([O-])[O-].O=P([O-])([O-])[O-].O=P([O-])([O-])[O-].[Ag].[Ag].[Ag].[H-].[H-].[H-].[Na+].[Na+].[Na+].[Zr+4].[Zr+4].[Zr+4]. The van der Waals surface area contributed by atoms with Crippen LogP contribution in [-0.2, 0) is 164 Å². The van der Waals surface area contributed by atoms with Crippen LogP contribution in [-0.4, -0.2) is 0 Å². The molecule has 16 nitrogen and oxygen atoms in total. The second kappa shape index (κ2) is 43.4. The van der Waals surface area contributed by atoms with Crippen molar-refractivity contribution in [3.05, 3.63) is 0 Å². The molecule has 0 aliphatic rings. The van der Waals surface area contributed by atoms with Crippen molar-refractivity contribution >= 4 is 31.3 Å². The normalized spacial score (nSPS) is 8.14. The van der Waals surface area contributed by atoms with Crippen LogP contribution in [0.4, 0.5) is 0 Å². The van der Waals surface area contributed by atoms with Gasteiger partial charge in [-0.15, -0.1) is 0 Å². The molecule has 0 aromatic rings. The Balaban J connectivity index is -0.00000000677. The molecule has 0 unspecified atom stereocenters. The third-order valence-corrected chi connectivity index (χ3v) is 0. The molecule has 29 heteroatoms. The van der Waals surface area contributed by atoms with Gasteiger partial charge >= 0.3 is 167 Å². The predicted molar refractivity (Wildman–Crippen MR) is 33.8 cm³/mol. The van der Waals surface area contributed by atoms with Gasteiger partial charge in [-0.3, -0.25) is 0 Å². The fourth-order valence-corrected chi connectivity index (χ4v) is 0. The molecule has 0 amide bonds. The second-order valence-electron chi connectivity index (χ2n) is 1.79. The molecule has 0 fully saturated rings. The molecule has 3 radical (unpaired) electrons. The smallest absolute Gasteiger partial charge is 1.00 e. The van der Waals surface area contributed by atoms with Gasteiger partial charge in [-0.05, 0) is 0 Å². The summed E-state index contributed by atoms with van der Waals surface area (Å²) in [6.45, 7) is 0. The summed E-state index contributed by atoms with van der Waals surface area (Å²) in [6.07, 6.45) is 0. The number of hydrogen-bond donors (Lipinski definition) is 0. The summed E-state index contributed by atoms with van der Waals surface area (Å²) in [6, 6.07) is 0. The minimum atomic E-state index is -5.39. The van der Waals surface area contributed by atoms with E-state index in [0.29, 0.717) is 0 Å². The third-order valence-electron chi connectivity index (χ3n) is 0. The van der Waals surface area contributed by atoms with Gasteiger partial charge in [-0.2, -0.15) is 31.3 Å². The Morgan fingerprint density at radius 3 is 0.345 bits per heavy atom. The molecular formula is H3Ag3Na3O16P4Zr3. The number of rotatable bonds is 0. The number of hydrogen-bond acceptors (Lipinski definition) is 16. The Labute approximate surface area is 339 Å². The van der Waals surface area contributed by atoms with Crippen molar-refractivity contribution in [3.8, 4) is 0 Å². The summed E-state index contributed by atoms with van der Waals surface area (Å²) in [5.41, 5.74) is 0. The Hall–Kier alpha value is 8.31. The summed E-state index contributed by atoms with van der Waals surface area (Å²) < 4.78 is 34.2. The zero-order chi connectivity index (χ0) is 18.0. The van der Waals surface area contributed by atoms with E-state index < -0.39 is 31.3 Å². The van der Waals surface area contributed by atoms with E-state index in [1.807, 2.05) is 0 Å². The molecule has 0 aromatic carbocycles. The van der Waals surface area contributed by atoms with Crippen LogP contribution in [0.3, 0.4) is 0 Å². The first-order valence-electron chi connectivity index (χ1n) is 2.92. The summed E-state index contributed by atoms with van der Waals surface area (Å²) in [7, 11) is -21.6. The van der Waals surface area contributed by atoms with Gasteiger partial charge in [0.25, 0.3) is 0 Å². The van der Waals surface area contributed by atoms with Crippen molar-refractivity contribution in [2.45, 2.75) is 0 Å². The summed E-state index contributed by atoms with van der Waals surface area (Å²) in [5.74, 6) is 0. The van der Waals surface area contributed by atoms with E-state index in [1.54, 1.807) is 0 Å². The van der Waals surface area contributed by atoms with Crippen LogP contribution >= 0.6 is 31.3 Å². The van der Waals surface area contributed by atoms with E-state index in [2.05, 4.69) is 0 Å². The summed E-state index contributed by atoms with van der Waals surface area (Å²) in [5, 5.41) is 0. The molecule has 0 rings (SSSR count). The summed E-state index contributed by atoms with van der Waals surface area (Å²) in [4.78, 5) is 103. The molecule has 0 saturated carbocycles. The Morgan fingerprint density at radius 1 is 0.345 bits per heavy atom. The maximum Gasteiger partial charge on any atom is 4.00 e. The fourth-order valence-electron chi connectivity index (χ4n) is 0. The van der Waals surface area contributed by atoms with Crippen LogP contribution in [0.5, 0.6) is 0 Å². The number of phosphoric acid groups is 4. The van der Waals surface area contributed by atoms with Crippen molar-refractivity contribution < 1.29 is 316 Å². The Kier molecular flexibility index (Phi) is 124. The van der Waals surface area contributed by atoms with Crippen molar-refractivity contribution in [2.24, 2.45) is 0 Å². The van der Waals surface area contributed by atoms with E-state index in [4.69, 9.17) is 77.0 Å². The molecule has 0 heterocycles. The van der Waals surface area contributed by atoms with E-state index in [9.17, 15) is 0 Å². The molecule has 0 atom stereocenters. The minimum Gasteiger partial charge on any atom is -1.00 e. The van der Waals surface area contributed by atoms with Gasteiger partial charge in [0.2, 0.25) is 0 Å². The molecule has 29 heavy (non-hydrogen) atoms. The third kappa shape index (κ3) is 619. The standard InChI is InChI=1S/3Ag.3Na.4H3O4P.3Zr.3H/c;;;;;;4*1-5(2,3)4;;;;;;/h;;;;;;4*(H3,1,2,3,4);;;;;;/q;;;3*+1;;;;;3*+4;3*-1/p-12. The van der Waals surface area contributed by atoms with Crippen LogP contribution in [0, 0.1) is 0 Å². The van der Waals surface area contributed by atoms with E-state index in [1.165, 1.54) is 0 Å². The molecule has 0 bridgehead atoms. The Bertz CT molecular complexity index is 334. The average Bonchev–Trinajstić information content (AvgIpc) is 1.62. The minimum absolute atomic E-state index is 0. The van der Waals surface area contributed by atoms with Crippen LogP contribution < -0.4 is 147 Å². The first-order valence-corrected chi connectivity index (χ1v) is 8.76. The predicted octanol–water partition coefficient (Wildman–Crippen LogP) is -20.0. The van der Waals surface area contributed by atoms with Crippen molar-refractivity contribution in [3.63, 3.8) is 0 Å². The van der Waals surface area contributed by atoms with Crippen molar-refractivity contribution in [1.82, 2.24) is 0 Å². The molecule has 167 valence electrons. The van der Waals surface area contributed by atoms with Gasteiger partial charge < -0.3 is 81.3 Å². The van der Waals surface area contributed by atoms with Crippen LogP contribution in [0.2, 0.25) is 0 Å². The van der Waals surface area contributed by atoms with E-state index in [-0.39, 0.29) is 239 Å². The van der Waals surface area contributed by atoms with Gasteiger partial charge in [0.15, 0.2) is 0 Å². The average molecular weight is 1050 g/mol. The molecular weight excluding hydrogens is 1050 g/mol. The first-order chi connectivity index (χ1) is 8.00. The van der Waals surface area contributed by atoms with Crippen molar-refractivity contribution in [1.29, 1.82) is 0 Å². The fraction of sp³-hybridized carbons (Fsp3) is 0. The molecule has 0 saturated heterocycles. The topological polar surface area (TPSA) is 345 Å². The van der Waals surface area contributed by atoms with Crippen LogP contribution in [0.1, 0.15) is 4.28 Å². The van der Waals surface area contributed by atoms with Crippen molar-refractivity contribution in [2.75, 3.05) is 0 Å². The van der Waals surface area contributed by atoms with Gasteiger partial charge in [0, 0.05) is 67.1 Å².